The second kappa shape index (κ2) is 15.3. The summed E-state index contributed by atoms with van der Waals surface area (Å²) in [6, 6.07) is 0. The predicted octanol–water partition coefficient (Wildman–Crippen LogP) is 3.62. The molecule has 0 aromatic carbocycles. The lowest BCUT2D eigenvalue weighted by Crippen LogP contribution is -2.39. The smallest absolute Gasteiger partial charge is 0.357 e. The summed E-state index contributed by atoms with van der Waals surface area (Å²) in [6.07, 6.45) is -1.81. The summed E-state index contributed by atoms with van der Waals surface area (Å²) in [6.45, 7) is 10.5. The second-order valence-corrected chi connectivity index (χ2v) is 5.25. The van der Waals surface area contributed by atoms with E-state index in [0.29, 0.717) is 19.0 Å². The first kappa shape index (κ1) is 25.0. The summed E-state index contributed by atoms with van der Waals surface area (Å²) in [7, 11) is 0. The molecule has 4 nitrogen and oxygen atoms in total. The molecular formula is C15H32F3IN4. The molecule has 2 N–H and O–H groups in total. The molecule has 23 heavy (non-hydrogen) atoms. The third-order valence-corrected chi connectivity index (χ3v) is 3.03. The second-order valence-electron chi connectivity index (χ2n) is 5.25. The summed E-state index contributed by atoms with van der Waals surface area (Å²) in [5.41, 5.74) is 0. The molecule has 0 bridgehead atoms. The predicted molar refractivity (Wildman–Crippen MR) is 102 cm³/mol. The van der Waals surface area contributed by atoms with Crippen molar-refractivity contribution in [3.8, 4) is 0 Å². The monoisotopic (exact) mass is 452 g/mol. The molecule has 0 aliphatic carbocycles. The van der Waals surface area contributed by atoms with Crippen LogP contribution in [0.4, 0.5) is 13.2 Å². The lowest BCUT2D eigenvalue weighted by atomic mass is 10.3. The van der Waals surface area contributed by atoms with Crippen LogP contribution in [0.2, 0.25) is 0 Å². The Labute approximate surface area is 155 Å². The molecule has 0 amide bonds. The fourth-order valence-electron chi connectivity index (χ4n) is 2.12. The van der Waals surface area contributed by atoms with E-state index in [0.717, 1.165) is 38.9 Å². The Kier molecular flexibility index (Phi) is 16.6. The Morgan fingerprint density at radius 3 is 2.09 bits per heavy atom. The van der Waals surface area contributed by atoms with Crippen molar-refractivity contribution in [1.29, 1.82) is 0 Å². The van der Waals surface area contributed by atoms with Crippen molar-refractivity contribution in [2.75, 3.05) is 39.3 Å². The van der Waals surface area contributed by atoms with Gasteiger partial charge in [-0.15, -0.1) is 24.0 Å². The standard InChI is InChI=1S/C15H31F3N4.HI/c1-4-11-22(12-5-2)13-7-9-20-14(19-6-3)21-10-8-15(16,17)18;/h4-13H2,1-3H3,(H2,19,20,21);1H. The normalized spacial score (nSPS) is 12.2. The minimum absolute atomic E-state index is 0. The van der Waals surface area contributed by atoms with Gasteiger partial charge in [0.1, 0.15) is 0 Å². The van der Waals surface area contributed by atoms with Crippen LogP contribution in [0.5, 0.6) is 0 Å². The van der Waals surface area contributed by atoms with Crippen LogP contribution in [-0.4, -0.2) is 56.3 Å². The van der Waals surface area contributed by atoms with Gasteiger partial charge in [-0.05, 0) is 45.8 Å². The van der Waals surface area contributed by atoms with Crippen molar-refractivity contribution in [1.82, 2.24) is 15.5 Å². The molecule has 0 aromatic heterocycles. The molecule has 0 saturated carbocycles. The Hall–Kier alpha value is -0.250. The lowest BCUT2D eigenvalue weighted by Gasteiger charge is -2.20. The molecule has 0 radical (unpaired) electrons. The molecule has 0 unspecified atom stereocenters. The molecule has 0 aliphatic rings. The van der Waals surface area contributed by atoms with Crippen LogP contribution < -0.4 is 10.6 Å². The van der Waals surface area contributed by atoms with E-state index in [1.54, 1.807) is 0 Å². The molecule has 0 fully saturated rings. The van der Waals surface area contributed by atoms with Crippen molar-refractivity contribution in [2.45, 2.75) is 52.6 Å². The zero-order valence-electron chi connectivity index (χ0n) is 14.5. The maximum absolute atomic E-state index is 12.1. The van der Waals surface area contributed by atoms with Gasteiger partial charge in [0.05, 0.1) is 6.42 Å². The van der Waals surface area contributed by atoms with Gasteiger partial charge in [-0.2, -0.15) is 13.2 Å². The molecule has 140 valence electrons. The van der Waals surface area contributed by atoms with Gasteiger partial charge >= 0.3 is 6.18 Å². The van der Waals surface area contributed by atoms with Crippen LogP contribution in [0.3, 0.4) is 0 Å². The quantitative estimate of drug-likeness (QED) is 0.218. The molecule has 0 atom stereocenters. The Balaban J connectivity index is 0. The van der Waals surface area contributed by atoms with Crippen LogP contribution in [0, 0.1) is 0 Å². The Bertz CT molecular complexity index is 293. The zero-order valence-corrected chi connectivity index (χ0v) is 16.8. The number of hydrogen-bond acceptors (Lipinski definition) is 2. The van der Waals surface area contributed by atoms with Gasteiger partial charge in [0.2, 0.25) is 0 Å². The lowest BCUT2D eigenvalue weighted by molar-refractivity contribution is -0.132. The number of hydrogen-bond donors (Lipinski definition) is 2. The Morgan fingerprint density at radius 2 is 1.61 bits per heavy atom. The van der Waals surface area contributed by atoms with Crippen molar-refractivity contribution >= 4 is 29.9 Å². The average Bonchev–Trinajstić information content (AvgIpc) is 2.42. The maximum Gasteiger partial charge on any atom is 0.390 e. The number of rotatable bonds is 11. The first-order valence-electron chi connectivity index (χ1n) is 8.24. The topological polar surface area (TPSA) is 39.7 Å². The average molecular weight is 452 g/mol. The number of guanidine groups is 1. The van der Waals surface area contributed by atoms with E-state index in [-0.39, 0.29) is 30.5 Å². The molecule has 0 heterocycles. The van der Waals surface area contributed by atoms with E-state index in [9.17, 15) is 13.2 Å². The summed E-state index contributed by atoms with van der Waals surface area (Å²) >= 11 is 0. The molecule has 0 aromatic rings. The fraction of sp³-hybridized carbons (Fsp3) is 0.933. The first-order valence-corrected chi connectivity index (χ1v) is 8.24. The number of nitrogens with one attached hydrogen (secondary N) is 2. The summed E-state index contributed by atoms with van der Waals surface area (Å²) in [5, 5.41) is 5.69. The van der Waals surface area contributed by atoms with Gasteiger partial charge in [0.15, 0.2) is 5.96 Å². The van der Waals surface area contributed by atoms with E-state index >= 15 is 0 Å². The first-order chi connectivity index (χ1) is 10.4. The number of alkyl halides is 3. The van der Waals surface area contributed by atoms with Gasteiger partial charge in [-0.25, -0.2) is 0 Å². The van der Waals surface area contributed by atoms with Crippen molar-refractivity contribution in [3.05, 3.63) is 0 Å². The van der Waals surface area contributed by atoms with Crippen LogP contribution in [0.25, 0.3) is 0 Å². The molecule has 8 heteroatoms. The number of aliphatic imine (C=N–C) groups is 1. The largest absolute Gasteiger partial charge is 0.390 e. The fourth-order valence-corrected chi connectivity index (χ4v) is 2.12. The highest BCUT2D eigenvalue weighted by atomic mass is 127. The minimum Gasteiger partial charge on any atom is -0.357 e. The number of halogens is 4. The highest BCUT2D eigenvalue weighted by molar-refractivity contribution is 14.0. The van der Waals surface area contributed by atoms with E-state index in [1.807, 2.05) is 6.92 Å². The highest BCUT2D eigenvalue weighted by Gasteiger charge is 2.26. The molecule has 0 saturated heterocycles. The molecule has 0 aliphatic heterocycles. The SMILES string of the molecule is CCCN(CCC)CCCN=C(NCC)NCCC(F)(F)F.I. The molecule has 0 rings (SSSR count). The summed E-state index contributed by atoms with van der Waals surface area (Å²) < 4.78 is 36.4. The summed E-state index contributed by atoms with van der Waals surface area (Å²) in [5.74, 6) is 0.462. The van der Waals surface area contributed by atoms with Gasteiger partial charge in [-0.1, -0.05) is 13.8 Å². The van der Waals surface area contributed by atoms with E-state index in [4.69, 9.17) is 0 Å². The number of nitrogens with zero attached hydrogens (tertiary/aromatic N) is 2. The third kappa shape index (κ3) is 16.4. The Morgan fingerprint density at radius 1 is 1.00 bits per heavy atom. The van der Waals surface area contributed by atoms with E-state index in [1.165, 1.54) is 0 Å². The maximum atomic E-state index is 12.1. The van der Waals surface area contributed by atoms with E-state index < -0.39 is 12.6 Å². The van der Waals surface area contributed by atoms with E-state index in [2.05, 4.69) is 34.4 Å². The highest BCUT2D eigenvalue weighted by Crippen LogP contribution is 2.17. The van der Waals surface area contributed by atoms with Crippen molar-refractivity contribution in [3.63, 3.8) is 0 Å². The molecule has 0 spiro atoms. The van der Waals surface area contributed by atoms with Gasteiger partial charge in [0, 0.05) is 19.6 Å². The van der Waals surface area contributed by atoms with Crippen molar-refractivity contribution < 1.29 is 13.2 Å². The van der Waals surface area contributed by atoms with Crippen LogP contribution in [-0.2, 0) is 0 Å². The zero-order chi connectivity index (χ0) is 16.8. The minimum atomic E-state index is -4.13. The van der Waals surface area contributed by atoms with Crippen molar-refractivity contribution in [2.24, 2.45) is 4.99 Å². The summed E-state index contributed by atoms with van der Waals surface area (Å²) in [4.78, 5) is 6.73. The third-order valence-electron chi connectivity index (χ3n) is 3.03. The van der Waals surface area contributed by atoms with Gasteiger partial charge < -0.3 is 15.5 Å². The molecular weight excluding hydrogens is 420 g/mol. The van der Waals surface area contributed by atoms with Gasteiger partial charge in [0.25, 0.3) is 0 Å². The van der Waals surface area contributed by atoms with Crippen LogP contribution in [0.15, 0.2) is 4.99 Å². The van der Waals surface area contributed by atoms with Crippen LogP contribution in [0.1, 0.15) is 46.5 Å². The van der Waals surface area contributed by atoms with Gasteiger partial charge in [-0.3, -0.25) is 4.99 Å². The van der Waals surface area contributed by atoms with Crippen LogP contribution >= 0.6 is 24.0 Å².